The molecular weight excluding hydrogens is 480 g/mol. The summed E-state index contributed by atoms with van der Waals surface area (Å²) < 4.78 is 6.91. The zero-order valence-electron chi connectivity index (χ0n) is 16.4. The first-order valence-electron chi connectivity index (χ1n) is 9.66. The molecule has 0 unspecified atom stereocenters. The highest BCUT2D eigenvalue weighted by atomic mass is 79.9. The van der Waals surface area contributed by atoms with Crippen molar-refractivity contribution in [3.63, 3.8) is 0 Å². The van der Waals surface area contributed by atoms with Crippen LogP contribution in [0.3, 0.4) is 0 Å². The van der Waals surface area contributed by atoms with Crippen LogP contribution in [-0.2, 0) is 6.54 Å². The van der Waals surface area contributed by atoms with Gasteiger partial charge in [-0.2, -0.15) is 0 Å². The fraction of sp³-hybridized carbons (Fsp3) is 0.125. The fourth-order valence-electron chi connectivity index (χ4n) is 3.98. The molecule has 3 heterocycles. The van der Waals surface area contributed by atoms with E-state index in [-0.39, 0.29) is 17.1 Å². The normalized spacial score (nSPS) is 15.5. The molecule has 7 heteroatoms. The molecule has 0 aliphatic carbocycles. The lowest BCUT2D eigenvalue weighted by Crippen LogP contribution is -2.29. The van der Waals surface area contributed by atoms with Gasteiger partial charge in [0.1, 0.15) is 5.58 Å². The average molecular weight is 496 g/mol. The highest BCUT2D eigenvalue weighted by molar-refractivity contribution is 9.10. The number of nitrogens with zero attached hydrogens (tertiary/aromatic N) is 2. The van der Waals surface area contributed by atoms with Crippen LogP contribution < -0.4 is 5.43 Å². The fourth-order valence-corrected chi connectivity index (χ4v) is 4.41. The van der Waals surface area contributed by atoms with Gasteiger partial charge in [0, 0.05) is 28.4 Å². The van der Waals surface area contributed by atoms with Crippen LogP contribution in [0.2, 0.25) is 5.02 Å². The van der Waals surface area contributed by atoms with Crippen LogP contribution in [0.1, 0.15) is 38.9 Å². The minimum absolute atomic E-state index is 0.0797. The number of hydrogen-bond acceptors (Lipinski definition) is 4. The van der Waals surface area contributed by atoms with Gasteiger partial charge in [-0.1, -0.05) is 45.7 Å². The highest BCUT2D eigenvalue weighted by Gasteiger charge is 2.42. The minimum atomic E-state index is -0.573. The molecule has 5 nitrogen and oxygen atoms in total. The van der Waals surface area contributed by atoms with Gasteiger partial charge in [-0.25, -0.2) is 0 Å². The van der Waals surface area contributed by atoms with Crippen molar-refractivity contribution in [1.29, 1.82) is 0 Å². The maximum atomic E-state index is 13.6. The standard InChI is InChI=1S/C24H16BrClN2O3/c1-13-9-19-17(10-18(13)26)22(29)20-21(15-4-6-16(25)7-5-15)28(24(30)23(20)31-19)12-14-3-2-8-27-11-14/h2-11,21H,12H2,1H3/t21-/m1/s1. The van der Waals surface area contributed by atoms with E-state index < -0.39 is 6.04 Å². The van der Waals surface area contributed by atoms with Crippen molar-refractivity contribution in [2.75, 3.05) is 0 Å². The Morgan fingerprint density at radius 3 is 2.65 bits per heavy atom. The minimum Gasteiger partial charge on any atom is -0.450 e. The predicted molar refractivity (Wildman–Crippen MR) is 122 cm³/mol. The van der Waals surface area contributed by atoms with E-state index in [0.717, 1.165) is 21.2 Å². The van der Waals surface area contributed by atoms with Gasteiger partial charge in [-0.05, 0) is 53.9 Å². The van der Waals surface area contributed by atoms with E-state index in [9.17, 15) is 9.59 Å². The summed E-state index contributed by atoms with van der Waals surface area (Å²) in [7, 11) is 0. The first-order valence-corrected chi connectivity index (χ1v) is 10.8. The van der Waals surface area contributed by atoms with Gasteiger partial charge in [0.25, 0.3) is 5.91 Å². The third-order valence-corrected chi connectivity index (χ3v) is 6.44. The Morgan fingerprint density at radius 2 is 1.94 bits per heavy atom. The van der Waals surface area contributed by atoms with Crippen molar-refractivity contribution in [1.82, 2.24) is 9.88 Å². The topological polar surface area (TPSA) is 63.4 Å². The van der Waals surface area contributed by atoms with Crippen LogP contribution in [-0.4, -0.2) is 15.8 Å². The summed E-state index contributed by atoms with van der Waals surface area (Å²) in [6.07, 6.45) is 3.39. The predicted octanol–water partition coefficient (Wildman–Crippen LogP) is 5.66. The zero-order chi connectivity index (χ0) is 21.7. The molecule has 0 radical (unpaired) electrons. The van der Waals surface area contributed by atoms with Gasteiger partial charge >= 0.3 is 0 Å². The van der Waals surface area contributed by atoms with Crippen molar-refractivity contribution < 1.29 is 9.21 Å². The third-order valence-electron chi connectivity index (χ3n) is 5.51. The number of halogens is 2. The van der Waals surface area contributed by atoms with Gasteiger partial charge in [-0.15, -0.1) is 0 Å². The molecule has 0 N–H and O–H groups in total. The van der Waals surface area contributed by atoms with E-state index >= 15 is 0 Å². The molecule has 1 atom stereocenters. The maximum absolute atomic E-state index is 13.6. The van der Waals surface area contributed by atoms with Gasteiger partial charge in [0.05, 0.1) is 17.0 Å². The Labute approximate surface area is 191 Å². The summed E-state index contributed by atoms with van der Waals surface area (Å²) in [5.74, 6) is -0.241. The number of rotatable bonds is 3. The third kappa shape index (κ3) is 3.36. The number of aryl methyl sites for hydroxylation is 1. The first-order chi connectivity index (χ1) is 14.9. The van der Waals surface area contributed by atoms with Crippen LogP contribution in [0.25, 0.3) is 11.0 Å². The molecule has 1 amide bonds. The second kappa shape index (κ2) is 7.62. The van der Waals surface area contributed by atoms with Crippen molar-refractivity contribution in [2.45, 2.75) is 19.5 Å². The molecule has 0 fully saturated rings. The molecule has 0 bridgehead atoms. The average Bonchev–Trinajstić information content (AvgIpc) is 3.03. The van der Waals surface area contributed by atoms with Crippen molar-refractivity contribution in [3.05, 3.63) is 109 Å². The molecule has 0 saturated heterocycles. The molecule has 1 aliphatic heterocycles. The number of pyridine rings is 1. The Hall–Kier alpha value is -2.96. The molecule has 2 aromatic carbocycles. The molecule has 5 rings (SSSR count). The lowest BCUT2D eigenvalue weighted by Gasteiger charge is -2.25. The Balaban J connectivity index is 1.75. The molecule has 4 aromatic rings. The number of carbonyl (C=O) groups excluding carboxylic acids is 1. The molecule has 0 spiro atoms. The first kappa shape index (κ1) is 20.0. The summed E-state index contributed by atoms with van der Waals surface area (Å²) in [5, 5.41) is 0.851. The van der Waals surface area contributed by atoms with Crippen LogP contribution in [0.5, 0.6) is 0 Å². The summed E-state index contributed by atoms with van der Waals surface area (Å²) >= 11 is 9.72. The highest BCUT2D eigenvalue weighted by Crippen LogP contribution is 2.39. The second-order valence-electron chi connectivity index (χ2n) is 7.52. The largest absolute Gasteiger partial charge is 0.450 e. The van der Waals surface area contributed by atoms with Crippen LogP contribution >= 0.6 is 27.5 Å². The molecule has 2 aromatic heterocycles. The quantitative estimate of drug-likeness (QED) is 0.368. The number of benzene rings is 2. The SMILES string of the molecule is Cc1cc2oc3c(c(=O)c2cc1Cl)[C@@H](c1ccc(Br)cc1)N(Cc1cccnc1)C3=O. The van der Waals surface area contributed by atoms with E-state index in [1.165, 1.54) is 0 Å². The van der Waals surface area contributed by atoms with E-state index in [1.54, 1.807) is 29.4 Å². The Bertz CT molecular complexity index is 1380. The number of carbonyl (C=O) groups is 1. The van der Waals surface area contributed by atoms with Crippen molar-refractivity contribution >= 4 is 44.4 Å². The number of hydrogen-bond donors (Lipinski definition) is 0. The van der Waals surface area contributed by atoms with Gasteiger partial charge < -0.3 is 9.32 Å². The Morgan fingerprint density at radius 1 is 1.16 bits per heavy atom. The van der Waals surface area contributed by atoms with Crippen LogP contribution in [0, 0.1) is 6.92 Å². The van der Waals surface area contributed by atoms with Crippen molar-refractivity contribution in [2.24, 2.45) is 0 Å². The Kier molecular flexibility index (Phi) is 4.91. The van der Waals surface area contributed by atoms with Gasteiger partial charge in [0.15, 0.2) is 5.43 Å². The molecule has 0 saturated carbocycles. The van der Waals surface area contributed by atoms with E-state index in [2.05, 4.69) is 20.9 Å². The lowest BCUT2D eigenvalue weighted by atomic mass is 9.98. The monoisotopic (exact) mass is 494 g/mol. The summed E-state index contributed by atoms with van der Waals surface area (Å²) in [4.78, 5) is 32.8. The van der Waals surface area contributed by atoms with Crippen molar-refractivity contribution in [3.8, 4) is 0 Å². The smallest absolute Gasteiger partial charge is 0.291 e. The van der Waals surface area contributed by atoms with E-state index in [0.29, 0.717) is 28.1 Å². The lowest BCUT2D eigenvalue weighted by molar-refractivity contribution is 0.0714. The van der Waals surface area contributed by atoms with Gasteiger partial charge in [0.2, 0.25) is 5.76 Å². The summed E-state index contributed by atoms with van der Waals surface area (Å²) in [5.41, 5.74) is 2.92. The number of amides is 1. The van der Waals surface area contributed by atoms with E-state index in [1.807, 2.05) is 43.3 Å². The molecule has 154 valence electrons. The molecule has 31 heavy (non-hydrogen) atoms. The van der Waals surface area contributed by atoms with E-state index in [4.69, 9.17) is 16.0 Å². The van der Waals surface area contributed by atoms with Crippen LogP contribution in [0.4, 0.5) is 0 Å². The maximum Gasteiger partial charge on any atom is 0.291 e. The zero-order valence-corrected chi connectivity index (χ0v) is 18.8. The molecule has 1 aliphatic rings. The molecular formula is C24H16BrClN2O3. The van der Waals surface area contributed by atoms with Crippen LogP contribution in [0.15, 0.2) is 74.6 Å². The number of aromatic nitrogens is 1. The summed E-state index contributed by atoms with van der Waals surface area (Å²) in [6, 6.07) is 14.0. The number of fused-ring (bicyclic) bond motifs is 2. The second-order valence-corrected chi connectivity index (χ2v) is 8.84. The summed E-state index contributed by atoms with van der Waals surface area (Å²) in [6.45, 7) is 2.13. The van der Waals surface area contributed by atoms with Gasteiger partial charge in [-0.3, -0.25) is 14.6 Å².